The lowest BCUT2D eigenvalue weighted by atomic mass is 10.7. The van der Waals surface area contributed by atoms with Crippen molar-refractivity contribution >= 4 is 18.5 Å². The van der Waals surface area contributed by atoms with E-state index in [0.29, 0.717) is 5.88 Å². The zero-order chi connectivity index (χ0) is 5.70. The minimum absolute atomic E-state index is 0.656. The average molecular weight is 118 g/mol. The molecule has 0 aliphatic heterocycles. The molecule has 42 valence electrons. The Kier molecular flexibility index (Phi) is 3.89. The van der Waals surface area contributed by atoms with E-state index >= 15 is 0 Å². The summed E-state index contributed by atoms with van der Waals surface area (Å²) in [5.74, 6) is 1.58. The molecule has 0 bridgehead atoms. The Morgan fingerprint density at radius 3 is 2.57 bits per heavy atom. The van der Waals surface area contributed by atoms with Gasteiger partial charge in [-0.2, -0.15) is 12.6 Å². The number of nitrogens with zero attached hydrogens (tertiary/aromatic N) is 1. The van der Waals surface area contributed by atoms with Crippen molar-refractivity contribution in [3.8, 4) is 0 Å². The van der Waals surface area contributed by atoms with Gasteiger partial charge in [-0.15, -0.1) is 0 Å². The van der Waals surface area contributed by atoms with Crippen LogP contribution in [0.4, 0.5) is 0 Å². The number of aliphatic imine (C=N–C) groups is 1. The van der Waals surface area contributed by atoms with E-state index in [4.69, 9.17) is 0 Å². The highest BCUT2D eigenvalue weighted by molar-refractivity contribution is 7.80. The van der Waals surface area contributed by atoms with Crippen LogP contribution in [-0.2, 0) is 0 Å². The van der Waals surface area contributed by atoms with Gasteiger partial charge in [0.25, 0.3) is 0 Å². The summed E-state index contributed by atoms with van der Waals surface area (Å²) in [6, 6.07) is 0. The topological polar surface area (TPSA) is 24.4 Å². The van der Waals surface area contributed by atoms with Gasteiger partial charge in [0.15, 0.2) is 0 Å². The van der Waals surface area contributed by atoms with Gasteiger partial charge < -0.3 is 5.32 Å². The smallest absolute Gasteiger partial charge is 0.0934 e. The molecule has 0 aromatic heterocycles. The maximum atomic E-state index is 3.92. The largest absolute Gasteiger partial charge is 0.365 e. The first-order valence-electron chi connectivity index (χ1n) is 2.09. The first-order chi connectivity index (χ1) is 3.31. The van der Waals surface area contributed by atoms with Crippen molar-refractivity contribution < 1.29 is 0 Å². The second kappa shape index (κ2) is 3.99. The molecule has 0 aromatic rings. The van der Waals surface area contributed by atoms with Crippen molar-refractivity contribution in [3.05, 3.63) is 0 Å². The maximum Gasteiger partial charge on any atom is 0.0934 e. The molecule has 0 saturated heterocycles. The van der Waals surface area contributed by atoms with E-state index in [1.807, 2.05) is 6.92 Å². The molecule has 0 atom stereocenters. The third-order valence-electron chi connectivity index (χ3n) is 0.670. The summed E-state index contributed by atoms with van der Waals surface area (Å²) in [6.45, 7) is 1.90. The van der Waals surface area contributed by atoms with Gasteiger partial charge in [-0.3, -0.25) is 4.99 Å². The molecule has 3 heteroatoms. The molecule has 0 aliphatic rings. The highest BCUT2D eigenvalue weighted by Gasteiger charge is 1.77. The standard InChI is InChI=1S/C4H10N2S/c1-4(5-2)6-3-7/h7H,3H2,1-2H3,(H,5,6). The average Bonchev–Trinajstić information content (AvgIpc) is 1.68. The van der Waals surface area contributed by atoms with Crippen LogP contribution in [0.25, 0.3) is 0 Å². The molecule has 1 N–H and O–H groups in total. The van der Waals surface area contributed by atoms with Gasteiger partial charge in [-0.1, -0.05) is 0 Å². The van der Waals surface area contributed by atoms with Gasteiger partial charge in [-0.25, -0.2) is 0 Å². The Balaban J connectivity index is 3.17. The van der Waals surface area contributed by atoms with Crippen LogP contribution in [0.3, 0.4) is 0 Å². The minimum atomic E-state index is 0.656. The molecular formula is C4H10N2S. The molecule has 0 aromatic carbocycles. The molecule has 0 saturated carbocycles. The summed E-state index contributed by atoms with van der Waals surface area (Å²) >= 11 is 3.92. The summed E-state index contributed by atoms with van der Waals surface area (Å²) in [7, 11) is 1.74. The van der Waals surface area contributed by atoms with Crippen LogP contribution in [0.2, 0.25) is 0 Å². The van der Waals surface area contributed by atoms with Gasteiger partial charge in [0, 0.05) is 7.05 Å². The van der Waals surface area contributed by atoms with Crippen molar-refractivity contribution in [1.29, 1.82) is 0 Å². The van der Waals surface area contributed by atoms with E-state index in [-0.39, 0.29) is 0 Å². The lowest BCUT2D eigenvalue weighted by Crippen LogP contribution is -2.17. The fourth-order valence-electron chi connectivity index (χ4n) is 0.193. The zero-order valence-corrected chi connectivity index (χ0v) is 5.50. The van der Waals surface area contributed by atoms with Crippen LogP contribution in [0.5, 0.6) is 0 Å². The molecule has 0 radical (unpaired) electrons. The molecule has 0 rings (SSSR count). The molecule has 7 heavy (non-hydrogen) atoms. The van der Waals surface area contributed by atoms with Crippen molar-refractivity contribution in [2.24, 2.45) is 4.99 Å². The van der Waals surface area contributed by atoms with Crippen molar-refractivity contribution in [3.63, 3.8) is 0 Å². The van der Waals surface area contributed by atoms with Gasteiger partial charge in [0.2, 0.25) is 0 Å². The lowest BCUT2D eigenvalue weighted by molar-refractivity contribution is 1.10. The molecule has 0 amide bonds. The summed E-state index contributed by atoms with van der Waals surface area (Å²) in [5.41, 5.74) is 0. The summed E-state index contributed by atoms with van der Waals surface area (Å²) in [5, 5.41) is 2.91. The lowest BCUT2D eigenvalue weighted by Gasteiger charge is -1.95. The Hall–Kier alpha value is -0.180. The van der Waals surface area contributed by atoms with Crippen LogP contribution in [0.15, 0.2) is 4.99 Å². The molecule has 0 aliphatic carbocycles. The normalized spacial score (nSPS) is 11.6. The predicted octanol–water partition coefficient (Wildman–Crippen LogP) is 0.512. The number of nitrogens with one attached hydrogen (secondary N) is 1. The number of rotatable bonds is 1. The van der Waals surface area contributed by atoms with Crippen molar-refractivity contribution in [1.82, 2.24) is 5.32 Å². The molecular weight excluding hydrogens is 108 g/mol. The van der Waals surface area contributed by atoms with E-state index in [9.17, 15) is 0 Å². The van der Waals surface area contributed by atoms with Crippen molar-refractivity contribution in [2.45, 2.75) is 6.92 Å². The second-order valence-electron chi connectivity index (χ2n) is 1.14. The van der Waals surface area contributed by atoms with Crippen molar-refractivity contribution in [2.75, 3.05) is 12.9 Å². The van der Waals surface area contributed by atoms with E-state index in [2.05, 4.69) is 22.9 Å². The van der Waals surface area contributed by atoms with Gasteiger partial charge in [0.05, 0.1) is 11.7 Å². The third-order valence-corrected chi connectivity index (χ3v) is 0.828. The first kappa shape index (κ1) is 6.82. The molecule has 2 nitrogen and oxygen atoms in total. The number of thiol groups is 1. The van der Waals surface area contributed by atoms with Gasteiger partial charge >= 0.3 is 0 Å². The van der Waals surface area contributed by atoms with E-state index in [1.165, 1.54) is 0 Å². The van der Waals surface area contributed by atoms with Gasteiger partial charge in [0.1, 0.15) is 0 Å². The quantitative estimate of drug-likeness (QED) is 0.223. The summed E-state index contributed by atoms with van der Waals surface area (Å²) in [4.78, 5) is 3.83. The van der Waals surface area contributed by atoms with Crippen LogP contribution >= 0.6 is 12.6 Å². The predicted molar refractivity (Wildman–Crippen MR) is 36.0 cm³/mol. The Labute approximate surface area is 49.4 Å². The summed E-state index contributed by atoms with van der Waals surface area (Å²) in [6.07, 6.45) is 0. The second-order valence-corrected chi connectivity index (χ2v) is 1.46. The molecule has 0 fully saturated rings. The highest BCUT2D eigenvalue weighted by atomic mass is 32.1. The van der Waals surface area contributed by atoms with Crippen LogP contribution < -0.4 is 5.32 Å². The Morgan fingerprint density at radius 1 is 1.86 bits per heavy atom. The van der Waals surface area contributed by atoms with E-state index in [0.717, 1.165) is 5.84 Å². The minimum Gasteiger partial charge on any atom is -0.365 e. The Bertz CT molecular complexity index is 70.1. The fourth-order valence-corrected chi connectivity index (χ4v) is 0.422. The van der Waals surface area contributed by atoms with E-state index in [1.54, 1.807) is 7.05 Å². The SMILES string of the molecule is C/N=C(/C)NCS. The van der Waals surface area contributed by atoms with Gasteiger partial charge in [-0.05, 0) is 6.92 Å². The number of hydrogen-bond donors (Lipinski definition) is 2. The van der Waals surface area contributed by atoms with Crippen LogP contribution in [0.1, 0.15) is 6.92 Å². The Morgan fingerprint density at radius 2 is 2.43 bits per heavy atom. The maximum absolute atomic E-state index is 3.92. The monoisotopic (exact) mass is 118 g/mol. The summed E-state index contributed by atoms with van der Waals surface area (Å²) < 4.78 is 0. The first-order valence-corrected chi connectivity index (χ1v) is 2.72. The zero-order valence-electron chi connectivity index (χ0n) is 4.60. The molecule has 0 heterocycles. The molecule has 0 unspecified atom stereocenters. The van der Waals surface area contributed by atoms with E-state index < -0.39 is 0 Å². The number of hydrogen-bond acceptors (Lipinski definition) is 2. The molecule has 0 spiro atoms. The van der Waals surface area contributed by atoms with Crippen LogP contribution in [-0.4, -0.2) is 18.8 Å². The third kappa shape index (κ3) is 3.66. The number of amidine groups is 1. The highest BCUT2D eigenvalue weighted by Crippen LogP contribution is 1.68. The fraction of sp³-hybridized carbons (Fsp3) is 0.750. The van der Waals surface area contributed by atoms with Crippen LogP contribution in [0, 0.1) is 0 Å².